The van der Waals surface area contributed by atoms with E-state index in [9.17, 15) is 13.2 Å². The van der Waals surface area contributed by atoms with E-state index in [0.29, 0.717) is 24.9 Å². The van der Waals surface area contributed by atoms with Gasteiger partial charge >= 0.3 is 6.09 Å². The van der Waals surface area contributed by atoms with Gasteiger partial charge in [0.25, 0.3) is 0 Å². The van der Waals surface area contributed by atoms with Crippen LogP contribution in [0.15, 0.2) is 65.8 Å². The number of aryl methyl sites for hydroxylation is 1. The molecule has 2 aromatic carbocycles. The third-order valence-corrected chi connectivity index (χ3v) is 7.41. The Morgan fingerprint density at radius 3 is 2.61 bits per heavy atom. The molecule has 2 heterocycles. The number of carbonyl (C=O) groups is 1. The third kappa shape index (κ3) is 4.55. The molecule has 162 valence electrons. The maximum absolute atomic E-state index is 13.5. The van der Waals surface area contributed by atoms with Crippen LogP contribution in [0.1, 0.15) is 17.5 Å². The SMILES string of the molecule is Cc1cncc2cccc(S(=O)(=O)N3CCCN(C(=O)OCc4ccccc4)CC3)c12. The second kappa shape index (κ2) is 9.03. The molecular formula is C23H25N3O4S. The maximum Gasteiger partial charge on any atom is 0.410 e. The normalized spacial score (nSPS) is 15.6. The lowest BCUT2D eigenvalue weighted by Crippen LogP contribution is -2.37. The van der Waals surface area contributed by atoms with Crippen molar-refractivity contribution in [1.29, 1.82) is 0 Å². The average Bonchev–Trinajstić information content (AvgIpc) is 3.05. The predicted octanol–water partition coefficient (Wildman–Crippen LogP) is 3.58. The van der Waals surface area contributed by atoms with Crippen LogP contribution in [0.5, 0.6) is 0 Å². The molecule has 1 aliphatic heterocycles. The highest BCUT2D eigenvalue weighted by Crippen LogP contribution is 2.28. The van der Waals surface area contributed by atoms with Crippen molar-refractivity contribution in [2.24, 2.45) is 0 Å². The molecule has 31 heavy (non-hydrogen) atoms. The highest BCUT2D eigenvalue weighted by molar-refractivity contribution is 7.89. The molecule has 0 saturated carbocycles. The zero-order chi connectivity index (χ0) is 21.8. The van der Waals surface area contributed by atoms with Crippen LogP contribution in [0, 0.1) is 6.92 Å². The van der Waals surface area contributed by atoms with Gasteiger partial charge in [-0.2, -0.15) is 4.31 Å². The average molecular weight is 440 g/mol. The summed E-state index contributed by atoms with van der Waals surface area (Å²) >= 11 is 0. The number of hydrogen-bond acceptors (Lipinski definition) is 5. The van der Waals surface area contributed by atoms with Gasteiger partial charge in [0.05, 0.1) is 4.90 Å². The largest absolute Gasteiger partial charge is 0.445 e. The van der Waals surface area contributed by atoms with Gasteiger partial charge in [0.1, 0.15) is 6.61 Å². The van der Waals surface area contributed by atoms with Crippen molar-refractivity contribution in [1.82, 2.24) is 14.2 Å². The number of sulfonamides is 1. The fourth-order valence-electron chi connectivity index (χ4n) is 3.85. The number of aromatic nitrogens is 1. The fourth-order valence-corrected chi connectivity index (χ4v) is 5.61. The number of pyridine rings is 1. The van der Waals surface area contributed by atoms with E-state index in [4.69, 9.17) is 4.74 Å². The molecule has 0 aliphatic carbocycles. The molecule has 0 N–H and O–H groups in total. The Balaban J connectivity index is 1.48. The van der Waals surface area contributed by atoms with E-state index in [1.54, 1.807) is 29.4 Å². The van der Waals surface area contributed by atoms with Gasteiger partial charge in [0.2, 0.25) is 10.0 Å². The Morgan fingerprint density at radius 1 is 1.00 bits per heavy atom. The minimum atomic E-state index is -3.71. The van der Waals surface area contributed by atoms with Gasteiger partial charge in [0, 0.05) is 49.3 Å². The zero-order valence-electron chi connectivity index (χ0n) is 17.4. The van der Waals surface area contributed by atoms with E-state index in [2.05, 4.69) is 4.98 Å². The quantitative estimate of drug-likeness (QED) is 0.621. The van der Waals surface area contributed by atoms with Crippen LogP contribution in [-0.4, -0.2) is 54.9 Å². The number of amides is 1. The topological polar surface area (TPSA) is 79.8 Å². The number of hydrogen-bond donors (Lipinski definition) is 0. The van der Waals surface area contributed by atoms with E-state index < -0.39 is 16.1 Å². The summed E-state index contributed by atoms with van der Waals surface area (Å²) < 4.78 is 33.8. The first-order valence-electron chi connectivity index (χ1n) is 10.3. The molecule has 3 aromatic rings. The Hall–Kier alpha value is -2.97. The first-order valence-corrected chi connectivity index (χ1v) is 11.7. The van der Waals surface area contributed by atoms with Gasteiger partial charge in [-0.25, -0.2) is 13.2 Å². The van der Waals surface area contributed by atoms with Gasteiger partial charge in [-0.3, -0.25) is 4.98 Å². The lowest BCUT2D eigenvalue weighted by Gasteiger charge is -2.22. The van der Waals surface area contributed by atoms with Crippen LogP contribution in [0.4, 0.5) is 4.79 Å². The van der Waals surface area contributed by atoms with E-state index in [-0.39, 0.29) is 24.6 Å². The summed E-state index contributed by atoms with van der Waals surface area (Å²) in [6.07, 6.45) is 3.48. The van der Waals surface area contributed by atoms with Crippen LogP contribution in [-0.2, 0) is 21.4 Å². The molecule has 0 bridgehead atoms. The number of rotatable bonds is 4. The summed E-state index contributed by atoms with van der Waals surface area (Å²) in [5.74, 6) is 0. The molecule has 8 heteroatoms. The monoisotopic (exact) mass is 439 g/mol. The van der Waals surface area contributed by atoms with Crippen molar-refractivity contribution in [2.45, 2.75) is 24.8 Å². The van der Waals surface area contributed by atoms with Crippen LogP contribution < -0.4 is 0 Å². The van der Waals surface area contributed by atoms with Crippen LogP contribution >= 0.6 is 0 Å². The van der Waals surface area contributed by atoms with E-state index in [1.165, 1.54) is 4.31 Å². The summed E-state index contributed by atoms with van der Waals surface area (Å²) in [6.45, 7) is 3.38. The standard InChI is InChI=1S/C23H25N3O4S/c1-18-15-24-16-20-9-5-10-21(22(18)20)31(28,29)26-12-6-11-25(13-14-26)23(27)30-17-19-7-3-2-4-8-19/h2-5,7-10,15-16H,6,11-14,17H2,1H3. The molecule has 1 saturated heterocycles. The number of carbonyl (C=O) groups excluding carboxylic acids is 1. The van der Waals surface area contributed by atoms with Crippen molar-refractivity contribution in [3.05, 3.63) is 72.1 Å². The lowest BCUT2D eigenvalue weighted by molar-refractivity contribution is 0.0980. The van der Waals surface area contributed by atoms with E-state index >= 15 is 0 Å². The number of benzene rings is 2. The van der Waals surface area contributed by atoms with Crippen molar-refractivity contribution >= 4 is 26.9 Å². The predicted molar refractivity (Wildman–Crippen MR) is 118 cm³/mol. The smallest absolute Gasteiger partial charge is 0.410 e. The summed E-state index contributed by atoms with van der Waals surface area (Å²) in [6, 6.07) is 14.7. The second-order valence-corrected chi connectivity index (χ2v) is 9.50. The van der Waals surface area contributed by atoms with Crippen molar-refractivity contribution in [3.8, 4) is 0 Å². The van der Waals surface area contributed by atoms with E-state index in [0.717, 1.165) is 16.5 Å². The molecule has 7 nitrogen and oxygen atoms in total. The molecule has 1 aromatic heterocycles. The Kier molecular flexibility index (Phi) is 6.20. The van der Waals surface area contributed by atoms with Gasteiger partial charge in [-0.1, -0.05) is 42.5 Å². The third-order valence-electron chi connectivity index (χ3n) is 5.47. The molecule has 4 rings (SSSR count). The maximum atomic E-state index is 13.5. The molecular weight excluding hydrogens is 414 g/mol. The molecule has 0 spiro atoms. The van der Waals surface area contributed by atoms with Gasteiger partial charge in [0.15, 0.2) is 0 Å². The molecule has 0 atom stereocenters. The van der Waals surface area contributed by atoms with Crippen molar-refractivity contribution < 1.29 is 17.9 Å². The number of nitrogens with zero attached hydrogens (tertiary/aromatic N) is 3. The summed E-state index contributed by atoms with van der Waals surface area (Å²) in [4.78, 5) is 18.5. The first kappa shape index (κ1) is 21.3. The van der Waals surface area contributed by atoms with Crippen LogP contribution in [0.25, 0.3) is 10.8 Å². The van der Waals surface area contributed by atoms with Gasteiger partial charge in [-0.05, 0) is 30.5 Å². The summed E-state index contributed by atoms with van der Waals surface area (Å²) in [7, 11) is -3.71. The number of fused-ring (bicyclic) bond motifs is 1. The zero-order valence-corrected chi connectivity index (χ0v) is 18.2. The highest BCUT2D eigenvalue weighted by Gasteiger charge is 2.30. The first-order chi connectivity index (χ1) is 15.0. The molecule has 0 unspecified atom stereocenters. The minimum absolute atomic E-state index is 0.196. The molecule has 0 radical (unpaired) electrons. The van der Waals surface area contributed by atoms with Gasteiger partial charge < -0.3 is 9.64 Å². The summed E-state index contributed by atoms with van der Waals surface area (Å²) in [5.41, 5.74) is 1.73. The Labute approximate surface area is 182 Å². The lowest BCUT2D eigenvalue weighted by atomic mass is 10.1. The Bertz CT molecular complexity index is 1180. The van der Waals surface area contributed by atoms with Gasteiger partial charge in [-0.15, -0.1) is 0 Å². The van der Waals surface area contributed by atoms with Crippen molar-refractivity contribution in [2.75, 3.05) is 26.2 Å². The minimum Gasteiger partial charge on any atom is -0.445 e. The second-order valence-electron chi connectivity index (χ2n) is 7.60. The van der Waals surface area contributed by atoms with E-state index in [1.807, 2.05) is 43.3 Å². The fraction of sp³-hybridized carbons (Fsp3) is 0.304. The molecule has 1 aliphatic rings. The molecule has 1 amide bonds. The van der Waals surface area contributed by atoms with Crippen LogP contribution in [0.2, 0.25) is 0 Å². The highest BCUT2D eigenvalue weighted by atomic mass is 32.2. The summed E-state index contributed by atoms with van der Waals surface area (Å²) in [5, 5.41) is 1.49. The van der Waals surface area contributed by atoms with Crippen LogP contribution in [0.3, 0.4) is 0 Å². The molecule has 1 fully saturated rings. The number of ether oxygens (including phenoxy) is 1. The van der Waals surface area contributed by atoms with Crippen molar-refractivity contribution in [3.63, 3.8) is 0 Å². The Morgan fingerprint density at radius 2 is 1.81 bits per heavy atom.